The van der Waals surface area contributed by atoms with Crippen LogP contribution in [0.4, 0.5) is 0 Å². The molecule has 0 spiro atoms. The van der Waals surface area contributed by atoms with Crippen LogP contribution in [0.5, 0.6) is 0 Å². The van der Waals surface area contributed by atoms with Gasteiger partial charge in [0.05, 0.1) is 11.9 Å². The highest BCUT2D eigenvalue weighted by molar-refractivity contribution is 5.89. The molecule has 5 heteroatoms. The molecule has 1 aliphatic rings. The number of likely N-dealkylation sites (tertiary alicyclic amines) is 1. The van der Waals surface area contributed by atoms with E-state index in [0.29, 0.717) is 18.0 Å². The van der Waals surface area contributed by atoms with Crippen LogP contribution < -0.4 is 0 Å². The van der Waals surface area contributed by atoms with Crippen molar-refractivity contribution in [2.75, 3.05) is 13.1 Å². The predicted octanol–water partition coefficient (Wildman–Crippen LogP) is 2.49. The number of benzene rings is 1. The fourth-order valence-electron chi connectivity index (χ4n) is 3.24. The first-order valence-corrected chi connectivity index (χ1v) is 7.71. The van der Waals surface area contributed by atoms with Crippen LogP contribution in [0.3, 0.4) is 0 Å². The topological polar surface area (TPSA) is 58.4 Å². The standard InChI is InChI=1S/C17H21N3O2/c21-17(22)16-6-2-1-5-15(16)12-19-8-3-4-14(10-19)11-20-9-7-18-13-20/h1-2,5-7,9,13-14H,3-4,8,10-12H2,(H,21,22)/t14-/m0/s1. The summed E-state index contributed by atoms with van der Waals surface area (Å²) < 4.78 is 2.12. The van der Waals surface area contributed by atoms with Crippen molar-refractivity contribution in [1.29, 1.82) is 0 Å². The van der Waals surface area contributed by atoms with Gasteiger partial charge in [-0.15, -0.1) is 0 Å². The zero-order valence-electron chi connectivity index (χ0n) is 12.6. The van der Waals surface area contributed by atoms with E-state index in [1.807, 2.05) is 30.9 Å². The average Bonchev–Trinajstić information content (AvgIpc) is 3.01. The van der Waals surface area contributed by atoms with E-state index in [1.165, 1.54) is 6.42 Å². The van der Waals surface area contributed by atoms with Gasteiger partial charge < -0.3 is 9.67 Å². The highest BCUT2D eigenvalue weighted by Gasteiger charge is 2.21. The first-order chi connectivity index (χ1) is 10.7. The van der Waals surface area contributed by atoms with Gasteiger partial charge in [0.1, 0.15) is 0 Å². The molecule has 1 aromatic carbocycles. The van der Waals surface area contributed by atoms with Crippen molar-refractivity contribution in [1.82, 2.24) is 14.5 Å². The summed E-state index contributed by atoms with van der Waals surface area (Å²) in [5, 5.41) is 9.29. The molecule has 1 fully saturated rings. The van der Waals surface area contributed by atoms with Crippen LogP contribution in [0.15, 0.2) is 43.0 Å². The number of aromatic nitrogens is 2. The third kappa shape index (κ3) is 3.54. The maximum absolute atomic E-state index is 11.3. The first-order valence-electron chi connectivity index (χ1n) is 7.71. The van der Waals surface area contributed by atoms with Crippen LogP contribution in [0.1, 0.15) is 28.8 Å². The molecule has 3 rings (SSSR count). The Morgan fingerprint density at radius 2 is 2.23 bits per heavy atom. The van der Waals surface area contributed by atoms with Crippen LogP contribution in [0, 0.1) is 5.92 Å². The lowest BCUT2D eigenvalue weighted by Gasteiger charge is -2.33. The quantitative estimate of drug-likeness (QED) is 0.921. The minimum absolute atomic E-state index is 0.416. The number of carboxylic acid groups (broad SMARTS) is 1. The molecule has 1 aliphatic heterocycles. The van der Waals surface area contributed by atoms with Gasteiger partial charge in [-0.3, -0.25) is 4.90 Å². The van der Waals surface area contributed by atoms with Crippen molar-refractivity contribution in [3.05, 3.63) is 54.1 Å². The summed E-state index contributed by atoms with van der Waals surface area (Å²) in [5.41, 5.74) is 1.32. The summed E-state index contributed by atoms with van der Waals surface area (Å²) in [6, 6.07) is 7.30. The van der Waals surface area contributed by atoms with Crippen LogP contribution in [0.25, 0.3) is 0 Å². The largest absolute Gasteiger partial charge is 0.478 e. The number of carboxylic acids is 1. The number of hydrogen-bond acceptors (Lipinski definition) is 3. The lowest BCUT2D eigenvalue weighted by Crippen LogP contribution is -2.36. The van der Waals surface area contributed by atoms with E-state index >= 15 is 0 Å². The van der Waals surface area contributed by atoms with Gasteiger partial charge in [0.15, 0.2) is 0 Å². The van der Waals surface area contributed by atoms with E-state index in [0.717, 1.165) is 31.6 Å². The number of aromatic carboxylic acids is 1. The third-order valence-corrected chi connectivity index (χ3v) is 4.27. The Balaban J connectivity index is 1.64. The molecule has 2 heterocycles. The minimum Gasteiger partial charge on any atom is -0.478 e. The van der Waals surface area contributed by atoms with E-state index < -0.39 is 5.97 Å². The van der Waals surface area contributed by atoms with Gasteiger partial charge in [0.25, 0.3) is 0 Å². The van der Waals surface area contributed by atoms with Crippen LogP contribution in [0.2, 0.25) is 0 Å². The number of hydrogen-bond donors (Lipinski definition) is 1. The minimum atomic E-state index is -0.845. The second kappa shape index (κ2) is 6.75. The first kappa shape index (κ1) is 14.8. The molecule has 1 saturated heterocycles. The van der Waals surface area contributed by atoms with E-state index in [-0.39, 0.29) is 0 Å². The zero-order chi connectivity index (χ0) is 15.4. The van der Waals surface area contributed by atoms with Gasteiger partial charge >= 0.3 is 5.97 Å². The summed E-state index contributed by atoms with van der Waals surface area (Å²) in [4.78, 5) is 17.8. The molecule has 0 saturated carbocycles. The van der Waals surface area contributed by atoms with Gasteiger partial charge in [0, 0.05) is 32.0 Å². The van der Waals surface area contributed by atoms with Gasteiger partial charge in [-0.05, 0) is 36.9 Å². The van der Waals surface area contributed by atoms with Crippen molar-refractivity contribution >= 4 is 5.97 Å². The Labute approximate surface area is 130 Å². The SMILES string of the molecule is O=C(O)c1ccccc1CN1CCC[C@H](Cn2ccnc2)C1. The fourth-order valence-corrected chi connectivity index (χ4v) is 3.24. The highest BCUT2D eigenvalue weighted by atomic mass is 16.4. The molecule has 0 amide bonds. The molecule has 2 aromatic rings. The fraction of sp³-hybridized carbons (Fsp3) is 0.412. The second-order valence-electron chi connectivity index (χ2n) is 5.97. The normalized spacial score (nSPS) is 19.2. The number of rotatable bonds is 5. The van der Waals surface area contributed by atoms with Crippen molar-refractivity contribution in [2.45, 2.75) is 25.9 Å². The molecule has 0 aliphatic carbocycles. The second-order valence-corrected chi connectivity index (χ2v) is 5.97. The lowest BCUT2D eigenvalue weighted by molar-refractivity contribution is 0.0693. The van der Waals surface area contributed by atoms with Crippen molar-refractivity contribution < 1.29 is 9.90 Å². The smallest absolute Gasteiger partial charge is 0.336 e. The number of imidazole rings is 1. The molecule has 1 N–H and O–H groups in total. The molecular formula is C17H21N3O2. The lowest BCUT2D eigenvalue weighted by atomic mass is 9.97. The summed E-state index contributed by atoms with van der Waals surface area (Å²) in [6.07, 6.45) is 8.05. The predicted molar refractivity (Wildman–Crippen MR) is 83.6 cm³/mol. The Hall–Kier alpha value is -2.14. The monoisotopic (exact) mass is 299 g/mol. The van der Waals surface area contributed by atoms with Crippen molar-refractivity contribution in [3.8, 4) is 0 Å². The van der Waals surface area contributed by atoms with Gasteiger partial charge in [-0.2, -0.15) is 0 Å². The van der Waals surface area contributed by atoms with E-state index in [9.17, 15) is 9.90 Å². The Morgan fingerprint density at radius 3 is 3.00 bits per heavy atom. The molecule has 1 atom stereocenters. The summed E-state index contributed by atoms with van der Waals surface area (Å²) >= 11 is 0. The van der Waals surface area contributed by atoms with Crippen LogP contribution >= 0.6 is 0 Å². The summed E-state index contributed by atoms with van der Waals surface area (Å²) in [6.45, 7) is 3.74. The molecular weight excluding hydrogens is 278 g/mol. The maximum atomic E-state index is 11.3. The molecule has 0 bridgehead atoms. The third-order valence-electron chi connectivity index (χ3n) is 4.27. The maximum Gasteiger partial charge on any atom is 0.336 e. The van der Waals surface area contributed by atoms with Crippen molar-refractivity contribution in [3.63, 3.8) is 0 Å². The van der Waals surface area contributed by atoms with Gasteiger partial charge in [0.2, 0.25) is 0 Å². The van der Waals surface area contributed by atoms with Gasteiger partial charge in [-0.1, -0.05) is 18.2 Å². The summed E-state index contributed by atoms with van der Waals surface area (Å²) in [7, 11) is 0. The van der Waals surface area contributed by atoms with E-state index in [1.54, 1.807) is 12.1 Å². The Morgan fingerprint density at radius 1 is 1.36 bits per heavy atom. The van der Waals surface area contributed by atoms with Gasteiger partial charge in [-0.25, -0.2) is 9.78 Å². The molecule has 116 valence electrons. The number of piperidine rings is 1. The summed E-state index contributed by atoms with van der Waals surface area (Å²) in [5.74, 6) is -0.248. The van der Waals surface area contributed by atoms with Crippen molar-refractivity contribution in [2.24, 2.45) is 5.92 Å². The average molecular weight is 299 g/mol. The molecule has 22 heavy (non-hydrogen) atoms. The zero-order valence-corrected chi connectivity index (χ0v) is 12.6. The van der Waals surface area contributed by atoms with E-state index in [2.05, 4.69) is 14.5 Å². The molecule has 5 nitrogen and oxygen atoms in total. The van der Waals surface area contributed by atoms with E-state index in [4.69, 9.17) is 0 Å². The highest BCUT2D eigenvalue weighted by Crippen LogP contribution is 2.21. The molecule has 0 radical (unpaired) electrons. The Bertz CT molecular complexity index is 625. The number of nitrogens with zero attached hydrogens (tertiary/aromatic N) is 3. The number of carbonyl (C=O) groups is 1. The van der Waals surface area contributed by atoms with Crippen LogP contribution in [-0.4, -0.2) is 38.6 Å². The van der Waals surface area contributed by atoms with Crippen LogP contribution in [-0.2, 0) is 13.1 Å². The Kier molecular flexibility index (Phi) is 4.53. The molecule has 1 aromatic heterocycles. The molecule has 0 unspecified atom stereocenters.